The summed E-state index contributed by atoms with van der Waals surface area (Å²) in [6, 6.07) is 7.71. The van der Waals surface area contributed by atoms with Crippen LogP contribution in [0.2, 0.25) is 0 Å². The molecular weight excluding hydrogens is 314 g/mol. The summed E-state index contributed by atoms with van der Waals surface area (Å²) in [5.41, 5.74) is 10.7. The number of pyridine rings is 2. The van der Waals surface area contributed by atoms with E-state index in [1.807, 2.05) is 25.1 Å². The molecule has 6 heteroatoms. The Labute approximate surface area is 147 Å². The number of nitrogens with one attached hydrogen (secondary N) is 1. The van der Waals surface area contributed by atoms with Crippen molar-refractivity contribution >= 4 is 17.3 Å². The Morgan fingerprint density at radius 2 is 2.20 bits per heavy atom. The summed E-state index contributed by atoms with van der Waals surface area (Å²) in [7, 11) is 1.61. The molecule has 130 valence electrons. The number of aryl methyl sites for hydroxylation is 1. The van der Waals surface area contributed by atoms with E-state index < -0.39 is 0 Å². The average molecular weight is 337 g/mol. The van der Waals surface area contributed by atoms with Gasteiger partial charge in [-0.05, 0) is 48.2 Å². The van der Waals surface area contributed by atoms with Gasteiger partial charge in [-0.25, -0.2) is 9.97 Å². The molecule has 0 fully saturated rings. The molecule has 6 nitrogen and oxygen atoms in total. The maximum absolute atomic E-state index is 11.7. The molecule has 3 heterocycles. The smallest absolute Gasteiger partial charge is 0.269 e. The van der Waals surface area contributed by atoms with E-state index in [2.05, 4.69) is 26.3 Å². The van der Waals surface area contributed by atoms with Gasteiger partial charge in [-0.3, -0.25) is 9.69 Å². The molecule has 1 amide bonds. The van der Waals surface area contributed by atoms with Crippen LogP contribution in [-0.2, 0) is 6.54 Å². The lowest BCUT2D eigenvalue weighted by Gasteiger charge is -2.27. The van der Waals surface area contributed by atoms with Gasteiger partial charge in [0.2, 0.25) is 0 Å². The summed E-state index contributed by atoms with van der Waals surface area (Å²) in [5.74, 6) is 0.402. The molecule has 2 aromatic rings. The average Bonchev–Trinajstić information content (AvgIpc) is 2.62. The number of amides is 1. The van der Waals surface area contributed by atoms with Crippen LogP contribution < -0.4 is 11.1 Å². The number of hydrogen-bond acceptors (Lipinski definition) is 5. The van der Waals surface area contributed by atoms with Crippen molar-refractivity contribution in [3.8, 4) is 0 Å². The van der Waals surface area contributed by atoms with Crippen molar-refractivity contribution < 1.29 is 4.79 Å². The first-order chi connectivity index (χ1) is 12.1. The summed E-state index contributed by atoms with van der Waals surface area (Å²) >= 11 is 0. The number of hydrogen-bond donors (Lipinski definition) is 2. The van der Waals surface area contributed by atoms with Crippen LogP contribution in [0.25, 0.3) is 5.57 Å². The van der Waals surface area contributed by atoms with Crippen LogP contribution in [0.1, 0.15) is 33.7 Å². The van der Waals surface area contributed by atoms with E-state index in [9.17, 15) is 4.79 Å². The van der Waals surface area contributed by atoms with Gasteiger partial charge in [0.25, 0.3) is 5.91 Å². The van der Waals surface area contributed by atoms with Gasteiger partial charge in [-0.1, -0.05) is 12.1 Å². The van der Waals surface area contributed by atoms with E-state index in [1.54, 1.807) is 19.3 Å². The molecule has 0 aliphatic carbocycles. The molecule has 3 N–H and O–H groups in total. The van der Waals surface area contributed by atoms with Gasteiger partial charge in [0.1, 0.15) is 11.5 Å². The molecule has 0 radical (unpaired) electrons. The lowest BCUT2D eigenvalue weighted by atomic mass is 9.97. The van der Waals surface area contributed by atoms with Gasteiger partial charge in [0.15, 0.2) is 0 Å². The number of aromatic nitrogens is 2. The topological polar surface area (TPSA) is 84.1 Å². The minimum absolute atomic E-state index is 0.157. The van der Waals surface area contributed by atoms with Crippen LogP contribution in [0.3, 0.4) is 0 Å². The van der Waals surface area contributed by atoms with Gasteiger partial charge >= 0.3 is 0 Å². The van der Waals surface area contributed by atoms with Crippen molar-refractivity contribution in [2.45, 2.75) is 19.9 Å². The third kappa shape index (κ3) is 4.03. The molecule has 0 atom stereocenters. The van der Waals surface area contributed by atoms with Crippen molar-refractivity contribution in [1.29, 1.82) is 0 Å². The van der Waals surface area contributed by atoms with E-state index in [4.69, 9.17) is 5.73 Å². The second-order valence-corrected chi connectivity index (χ2v) is 6.21. The molecule has 0 bridgehead atoms. The number of carbonyl (C=O) groups is 1. The summed E-state index contributed by atoms with van der Waals surface area (Å²) in [6.07, 6.45) is 4.96. The van der Waals surface area contributed by atoms with Gasteiger partial charge in [-0.2, -0.15) is 0 Å². The van der Waals surface area contributed by atoms with E-state index in [-0.39, 0.29) is 5.91 Å². The third-order valence-corrected chi connectivity index (χ3v) is 4.44. The summed E-state index contributed by atoms with van der Waals surface area (Å²) in [4.78, 5) is 22.5. The molecule has 1 aliphatic heterocycles. The number of nitrogens with zero attached hydrogens (tertiary/aromatic N) is 3. The highest BCUT2D eigenvalue weighted by Gasteiger charge is 2.16. The fourth-order valence-electron chi connectivity index (χ4n) is 3.11. The van der Waals surface area contributed by atoms with Crippen LogP contribution in [0.5, 0.6) is 0 Å². The predicted molar refractivity (Wildman–Crippen MR) is 98.9 cm³/mol. The van der Waals surface area contributed by atoms with Gasteiger partial charge in [-0.15, -0.1) is 0 Å². The largest absolute Gasteiger partial charge is 0.384 e. The molecule has 25 heavy (non-hydrogen) atoms. The van der Waals surface area contributed by atoms with Crippen molar-refractivity contribution in [1.82, 2.24) is 20.2 Å². The molecule has 0 unspecified atom stereocenters. The molecule has 0 spiro atoms. The lowest BCUT2D eigenvalue weighted by Crippen LogP contribution is -2.28. The summed E-state index contributed by atoms with van der Waals surface area (Å²) in [5, 5.41) is 2.60. The Morgan fingerprint density at radius 3 is 2.84 bits per heavy atom. The third-order valence-electron chi connectivity index (χ3n) is 4.44. The van der Waals surface area contributed by atoms with Gasteiger partial charge < -0.3 is 11.1 Å². The minimum Gasteiger partial charge on any atom is -0.384 e. The van der Waals surface area contributed by atoms with Crippen molar-refractivity contribution in [3.63, 3.8) is 0 Å². The van der Waals surface area contributed by atoms with Crippen LogP contribution >= 0.6 is 0 Å². The van der Waals surface area contributed by atoms with Crippen LogP contribution in [0.4, 0.5) is 5.82 Å². The highest BCUT2D eigenvalue weighted by Crippen LogP contribution is 2.25. The Morgan fingerprint density at radius 1 is 1.36 bits per heavy atom. The normalized spacial score (nSPS) is 14.9. The number of nitrogens with two attached hydrogens (primary N) is 1. The van der Waals surface area contributed by atoms with Crippen molar-refractivity contribution in [3.05, 3.63) is 59.1 Å². The molecule has 3 rings (SSSR count). The van der Waals surface area contributed by atoms with Crippen LogP contribution in [0, 0.1) is 6.92 Å². The first kappa shape index (κ1) is 17.1. The maximum atomic E-state index is 11.7. The van der Waals surface area contributed by atoms with Gasteiger partial charge in [0, 0.05) is 38.6 Å². The fraction of sp³-hybridized carbons (Fsp3) is 0.316. The van der Waals surface area contributed by atoms with E-state index in [0.717, 1.165) is 37.3 Å². The van der Waals surface area contributed by atoms with E-state index in [1.165, 1.54) is 11.1 Å². The second-order valence-electron chi connectivity index (χ2n) is 6.21. The first-order valence-corrected chi connectivity index (χ1v) is 8.38. The Hall–Kier alpha value is -2.73. The fourth-order valence-corrected chi connectivity index (χ4v) is 3.11. The standard InChI is InChI=1S/C19H23N5O/c1-13-16(3-4-17(23-13)19(25)21-2)15-6-9-24(10-7-15)12-14-5-8-22-18(20)11-14/h3-6,8,11H,7,9-10,12H2,1-2H3,(H2,20,22)(H,21,25). The molecule has 0 aromatic carbocycles. The van der Waals surface area contributed by atoms with Crippen LogP contribution in [-0.4, -0.2) is 40.9 Å². The van der Waals surface area contributed by atoms with Crippen molar-refractivity contribution in [2.75, 3.05) is 25.9 Å². The minimum atomic E-state index is -0.157. The van der Waals surface area contributed by atoms with E-state index in [0.29, 0.717) is 11.5 Å². The number of anilines is 1. The van der Waals surface area contributed by atoms with Crippen LogP contribution in [0.15, 0.2) is 36.5 Å². The first-order valence-electron chi connectivity index (χ1n) is 8.38. The van der Waals surface area contributed by atoms with Crippen molar-refractivity contribution in [2.24, 2.45) is 0 Å². The Kier molecular flexibility index (Phi) is 5.09. The quantitative estimate of drug-likeness (QED) is 0.892. The number of carbonyl (C=O) groups excluding carboxylic acids is 1. The summed E-state index contributed by atoms with van der Waals surface area (Å²) in [6.45, 7) is 4.68. The summed E-state index contributed by atoms with van der Waals surface area (Å²) < 4.78 is 0. The van der Waals surface area contributed by atoms with E-state index >= 15 is 0 Å². The number of nitrogen functional groups attached to an aromatic ring is 1. The highest BCUT2D eigenvalue weighted by molar-refractivity contribution is 5.92. The predicted octanol–water partition coefficient (Wildman–Crippen LogP) is 2.02. The number of rotatable bonds is 4. The zero-order valence-electron chi connectivity index (χ0n) is 14.6. The zero-order chi connectivity index (χ0) is 17.8. The molecular formula is C19H23N5O. The maximum Gasteiger partial charge on any atom is 0.269 e. The highest BCUT2D eigenvalue weighted by atomic mass is 16.1. The molecule has 2 aromatic heterocycles. The Bertz CT molecular complexity index is 815. The molecule has 0 saturated heterocycles. The second kappa shape index (κ2) is 7.44. The lowest BCUT2D eigenvalue weighted by molar-refractivity contribution is 0.0958. The zero-order valence-corrected chi connectivity index (χ0v) is 14.6. The molecule has 0 saturated carbocycles. The van der Waals surface area contributed by atoms with Gasteiger partial charge in [0.05, 0.1) is 0 Å². The Balaban J connectivity index is 1.69. The monoisotopic (exact) mass is 337 g/mol. The molecule has 1 aliphatic rings. The SMILES string of the molecule is CNC(=O)c1ccc(C2=CCN(Cc3ccnc(N)c3)CC2)c(C)n1.